The average molecular weight is 282 g/mol. The number of methoxy groups -OCH3 is 1. The van der Waals surface area contributed by atoms with E-state index in [1.807, 2.05) is 19.9 Å². The fourth-order valence-electron chi connectivity index (χ4n) is 2.40. The molecule has 0 aromatic heterocycles. The number of hydrogen-bond donors (Lipinski definition) is 3. The summed E-state index contributed by atoms with van der Waals surface area (Å²) in [5.74, 6) is 0.199. The van der Waals surface area contributed by atoms with Crippen LogP contribution in [0.2, 0.25) is 0 Å². The van der Waals surface area contributed by atoms with E-state index in [1.54, 1.807) is 25.3 Å². The monoisotopic (exact) mass is 282 g/mol. The summed E-state index contributed by atoms with van der Waals surface area (Å²) in [6, 6.07) is 7.05. The van der Waals surface area contributed by atoms with Gasteiger partial charge in [-0.2, -0.15) is 0 Å². The Bertz CT molecular complexity index is 394. The van der Waals surface area contributed by atoms with Gasteiger partial charge >= 0.3 is 0 Å². The molecule has 0 spiro atoms. The maximum absolute atomic E-state index is 10.0. The van der Waals surface area contributed by atoms with Crippen molar-refractivity contribution in [2.24, 2.45) is 11.8 Å². The number of phenolic OH excluding ortho intramolecular Hbond substituents is 1. The summed E-state index contributed by atoms with van der Waals surface area (Å²) in [6.45, 7) is 3.81. The largest absolute Gasteiger partial charge is 0.508 e. The molecule has 4 nitrogen and oxygen atoms in total. The molecule has 4 atom stereocenters. The van der Waals surface area contributed by atoms with Crippen LogP contribution in [0.3, 0.4) is 0 Å². The number of aliphatic hydroxyl groups is 2. The fraction of sp³-hybridized carbons (Fsp3) is 0.625. The highest BCUT2D eigenvalue weighted by Crippen LogP contribution is 2.28. The van der Waals surface area contributed by atoms with Gasteiger partial charge < -0.3 is 20.1 Å². The third kappa shape index (κ3) is 4.78. The Kier molecular flexibility index (Phi) is 6.99. The second-order valence-corrected chi connectivity index (χ2v) is 5.52. The predicted molar refractivity (Wildman–Crippen MR) is 78.5 cm³/mol. The lowest BCUT2D eigenvalue weighted by Crippen LogP contribution is -2.28. The van der Waals surface area contributed by atoms with Crippen LogP contribution >= 0.6 is 0 Å². The van der Waals surface area contributed by atoms with E-state index in [-0.39, 0.29) is 30.3 Å². The number of rotatable bonds is 8. The van der Waals surface area contributed by atoms with Crippen molar-refractivity contribution in [3.8, 4) is 5.75 Å². The zero-order chi connectivity index (χ0) is 15.1. The molecule has 3 N–H and O–H groups in total. The molecule has 0 unspecified atom stereocenters. The standard InChI is InChI=1S/C16H26O4/c1-11(16(19)12(2)10-17)7-8-15(20-3)13-5-4-6-14(18)9-13/h4-6,9,11-12,15-19H,7-8,10H2,1-3H3/t11-,12-,15-,16+/m0/s1. The van der Waals surface area contributed by atoms with Crippen molar-refractivity contribution in [2.75, 3.05) is 13.7 Å². The molecule has 0 aliphatic rings. The van der Waals surface area contributed by atoms with Crippen LogP contribution < -0.4 is 0 Å². The summed E-state index contributed by atoms with van der Waals surface area (Å²) in [7, 11) is 1.64. The van der Waals surface area contributed by atoms with E-state index in [0.29, 0.717) is 0 Å². The van der Waals surface area contributed by atoms with Crippen molar-refractivity contribution in [1.29, 1.82) is 0 Å². The molecule has 1 aromatic rings. The second kappa shape index (κ2) is 8.25. The summed E-state index contributed by atoms with van der Waals surface area (Å²) in [4.78, 5) is 0. The van der Waals surface area contributed by atoms with Gasteiger partial charge in [-0.05, 0) is 36.5 Å². The first-order valence-corrected chi connectivity index (χ1v) is 7.10. The SMILES string of the molecule is CO[C@@H](CC[C@H](C)[C@@H](O)[C@@H](C)CO)c1cccc(O)c1. The molecule has 0 aliphatic carbocycles. The Balaban J connectivity index is 2.57. The minimum absolute atomic E-state index is 0.00816. The number of aromatic hydroxyl groups is 1. The first-order valence-electron chi connectivity index (χ1n) is 7.10. The number of aliphatic hydroxyl groups excluding tert-OH is 2. The van der Waals surface area contributed by atoms with Gasteiger partial charge in [-0.25, -0.2) is 0 Å². The van der Waals surface area contributed by atoms with E-state index in [4.69, 9.17) is 9.84 Å². The molecule has 1 rings (SSSR count). The Morgan fingerprint density at radius 1 is 1.15 bits per heavy atom. The highest BCUT2D eigenvalue weighted by atomic mass is 16.5. The topological polar surface area (TPSA) is 69.9 Å². The minimum Gasteiger partial charge on any atom is -0.508 e. The van der Waals surface area contributed by atoms with E-state index in [0.717, 1.165) is 18.4 Å². The van der Waals surface area contributed by atoms with Gasteiger partial charge in [0.25, 0.3) is 0 Å². The Labute approximate surface area is 121 Å². The molecule has 0 bridgehead atoms. The molecule has 4 heteroatoms. The normalized spacial score (nSPS) is 17.4. The van der Waals surface area contributed by atoms with Crippen LogP contribution in [0, 0.1) is 11.8 Å². The fourth-order valence-corrected chi connectivity index (χ4v) is 2.40. The number of hydrogen-bond acceptors (Lipinski definition) is 4. The summed E-state index contributed by atoms with van der Waals surface area (Å²) in [5, 5.41) is 28.6. The quantitative estimate of drug-likeness (QED) is 0.685. The van der Waals surface area contributed by atoms with Gasteiger partial charge in [0, 0.05) is 19.6 Å². The summed E-state index contributed by atoms with van der Waals surface area (Å²) in [6.07, 6.45) is 0.943. The van der Waals surface area contributed by atoms with E-state index in [1.165, 1.54) is 0 Å². The van der Waals surface area contributed by atoms with Crippen LogP contribution in [-0.4, -0.2) is 35.1 Å². The molecular formula is C16H26O4. The second-order valence-electron chi connectivity index (χ2n) is 5.52. The highest BCUT2D eigenvalue weighted by molar-refractivity contribution is 5.28. The van der Waals surface area contributed by atoms with Gasteiger partial charge in [0.2, 0.25) is 0 Å². The summed E-state index contributed by atoms with van der Waals surface area (Å²) >= 11 is 0. The van der Waals surface area contributed by atoms with Gasteiger partial charge in [-0.15, -0.1) is 0 Å². The third-order valence-electron chi connectivity index (χ3n) is 3.86. The number of benzene rings is 1. The molecule has 0 heterocycles. The molecule has 0 fully saturated rings. The van der Waals surface area contributed by atoms with Crippen molar-refractivity contribution in [3.63, 3.8) is 0 Å². The Hall–Kier alpha value is -1.10. The minimum atomic E-state index is -0.512. The molecule has 0 radical (unpaired) electrons. The van der Waals surface area contributed by atoms with Gasteiger partial charge in [-0.3, -0.25) is 0 Å². The lowest BCUT2D eigenvalue weighted by molar-refractivity contribution is 0.0234. The molecule has 1 aromatic carbocycles. The Morgan fingerprint density at radius 2 is 1.85 bits per heavy atom. The van der Waals surface area contributed by atoms with Gasteiger partial charge in [0.15, 0.2) is 0 Å². The zero-order valence-electron chi connectivity index (χ0n) is 12.5. The lowest BCUT2D eigenvalue weighted by Gasteiger charge is -2.25. The highest BCUT2D eigenvalue weighted by Gasteiger charge is 2.22. The summed E-state index contributed by atoms with van der Waals surface area (Å²) < 4.78 is 5.47. The van der Waals surface area contributed by atoms with E-state index >= 15 is 0 Å². The number of ether oxygens (including phenoxy) is 1. The molecule has 0 amide bonds. The van der Waals surface area contributed by atoms with Gasteiger partial charge in [0.05, 0.1) is 12.2 Å². The van der Waals surface area contributed by atoms with Crippen LogP contribution in [0.1, 0.15) is 38.4 Å². The Morgan fingerprint density at radius 3 is 2.40 bits per heavy atom. The van der Waals surface area contributed by atoms with Gasteiger partial charge in [-0.1, -0.05) is 26.0 Å². The number of phenols is 1. The maximum Gasteiger partial charge on any atom is 0.115 e. The lowest BCUT2D eigenvalue weighted by atomic mass is 9.89. The first kappa shape index (κ1) is 17.0. The van der Waals surface area contributed by atoms with Crippen LogP contribution in [0.4, 0.5) is 0 Å². The van der Waals surface area contributed by atoms with Crippen LogP contribution in [0.15, 0.2) is 24.3 Å². The molecule has 0 aliphatic heterocycles. The molecule has 0 saturated heterocycles. The third-order valence-corrected chi connectivity index (χ3v) is 3.86. The maximum atomic E-state index is 10.0. The van der Waals surface area contributed by atoms with E-state index in [9.17, 15) is 10.2 Å². The van der Waals surface area contributed by atoms with Gasteiger partial charge in [0.1, 0.15) is 5.75 Å². The average Bonchev–Trinajstić information content (AvgIpc) is 2.46. The van der Waals surface area contributed by atoms with E-state index < -0.39 is 6.10 Å². The zero-order valence-corrected chi connectivity index (χ0v) is 12.5. The van der Waals surface area contributed by atoms with Crippen molar-refractivity contribution in [2.45, 2.75) is 38.9 Å². The summed E-state index contributed by atoms with van der Waals surface area (Å²) in [5.41, 5.74) is 0.935. The van der Waals surface area contributed by atoms with Crippen molar-refractivity contribution >= 4 is 0 Å². The molecular weight excluding hydrogens is 256 g/mol. The smallest absolute Gasteiger partial charge is 0.115 e. The predicted octanol–water partition coefficient (Wildman–Crippen LogP) is 2.49. The molecule has 20 heavy (non-hydrogen) atoms. The van der Waals surface area contributed by atoms with Crippen LogP contribution in [-0.2, 0) is 4.74 Å². The first-order chi connectivity index (χ1) is 9.49. The molecule has 0 saturated carbocycles. The van der Waals surface area contributed by atoms with E-state index in [2.05, 4.69) is 0 Å². The van der Waals surface area contributed by atoms with Crippen LogP contribution in [0.25, 0.3) is 0 Å². The van der Waals surface area contributed by atoms with Crippen molar-refractivity contribution < 1.29 is 20.1 Å². The van der Waals surface area contributed by atoms with Crippen molar-refractivity contribution in [3.05, 3.63) is 29.8 Å². The van der Waals surface area contributed by atoms with Crippen molar-refractivity contribution in [1.82, 2.24) is 0 Å². The van der Waals surface area contributed by atoms with Crippen LogP contribution in [0.5, 0.6) is 5.75 Å². The molecule has 114 valence electrons.